The summed E-state index contributed by atoms with van der Waals surface area (Å²) in [6, 6.07) is 8.21. The van der Waals surface area contributed by atoms with Crippen LogP contribution in [0.5, 0.6) is 5.75 Å². The highest BCUT2D eigenvalue weighted by Gasteiger charge is 1.95. The van der Waals surface area contributed by atoms with Gasteiger partial charge in [-0.1, -0.05) is 30.1 Å². The summed E-state index contributed by atoms with van der Waals surface area (Å²) in [4.78, 5) is 17.5. The Morgan fingerprint density at radius 1 is 1.38 bits per heavy atom. The SMILES string of the molecule is CCCO.O=[N+]([O-])OOc1ccccc1.[SiH4]. The third-order valence-electron chi connectivity index (χ3n) is 1.16. The molecule has 0 aliphatic rings. The van der Waals surface area contributed by atoms with Gasteiger partial charge >= 0.3 is 5.09 Å². The molecule has 1 aromatic rings. The Kier molecular flexibility index (Phi) is 12.1. The zero-order valence-electron chi connectivity index (χ0n) is 8.33. The minimum atomic E-state index is -1.02. The van der Waals surface area contributed by atoms with Gasteiger partial charge in [0.15, 0.2) is 5.75 Å². The summed E-state index contributed by atoms with van der Waals surface area (Å²) in [5.74, 6) is 0.296. The second kappa shape index (κ2) is 11.5. The van der Waals surface area contributed by atoms with Gasteiger partial charge in [-0.05, 0) is 29.5 Å². The van der Waals surface area contributed by atoms with Crippen molar-refractivity contribution in [1.82, 2.24) is 0 Å². The summed E-state index contributed by atoms with van der Waals surface area (Å²) in [7, 11) is 0. The van der Waals surface area contributed by atoms with Crippen molar-refractivity contribution in [1.29, 1.82) is 0 Å². The van der Waals surface area contributed by atoms with Crippen LogP contribution < -0.4 is 4.89 Å². The highest BCUT2D eigenvalue weighted by atomic mass is 28.1. The van der Waals surface area contributed by atoms with Gasteiger partial charge in [0.05, 0.1) is 0 Å². The summed E-state index contributed by atoms with van der Waals surface area (Å²) in [6.07, 6.45) is 0.875. The predicted octanol–water partition coefficient (Wildman–Crippen LogP) is 0.126. The molecule has 0 unspecified atom stereocenters. The standard InChI is InChI=1S/C6H5NO4.C3H8O.H4Si/c8-7(9)11-10-6-4-2-1-3-5-6;1-2-3-4;/h1-5H;4H,2-3H2,1H3;1H4. The molecule has 0 aliphatic heterocycles. The highest BCUT2D eigenvalue weighted by molar-refractivity contribution is 5.75. The first kappa shape index (κ1) is 16.8. The minimum Gasteiger partial charge on any atom is -0.396 e. The number of rotatable bonds is 4. The van der Waals surface area contributed by atoms with Gasteiger partial charge in [-0.3, -0.25) is 0 Å². The van der Waals surface area contributed by atoms with Gasteiger partial charge in [0.1, 0.15) is 0 Å². The van der Waals surface area contributed by atoms with Crippen molar-refractivity contribution in [2.75, 3.05) is 6.61 Å². The topological polar surface area (TPSA) is 81.8 Å². The number of para-hydroxylation sites is 1. The van der Waals surface area contributed by atoms with Gasteiger partial charge < -0.3 is 9.99 Å². The third kappa shape index (κ3) is 10.5. The second-order valence-corrected chi connectivity index (χ2v) is 2.42. The lowest BCUT2D eigenvalue weighted by molar-refractivity contribution is -0.832. The molecule has 0 aliphatic carbocycles. The van der Waals surface area contributed by atoms with Gasteiger partial charge in [-0.25, -0.2) is 0 Å². The molecule has 0 saturated carbocycles. The predicted molar refractivity (Wildman–Crippen MR) is 63.9 cm³/mol. The fraction of sp³-hybridized carbons (Fsp3) is 0.333. The Morgan fingerprint density at radius 2 is 1.88 bits per heavy atom. The first-order chi connectivity index (χ1) is 7.20. The average molecular weight is 247 g/mol. The summed E-state index contributed by atoms with van der Waals surface area (Å²) in [6.45, 7) is 2.25. The lowest BCUT2D eigenvalue weighted by atomic mass is 10.3. The summed E-state index contributed by atoms with van der Waals surface area (Å²) >= 11 is 0. The summed E-state index contributed by atoms with van der Waals surface area (Å²) in [5, 5.41) is 16.5. The van der Waals surface area contributed by atoms with Crippen molar-refractivity contribution in [2.45, 2.75) is 13.3 Å². The average Bonchev–Trinajstić information content (AvgIpc) is 2.28. The normalized spacial score (nSPS) is 7.88. The molecule has 0 heterocycles. The molecule has 0 saturated heterocycles. The minimum absolute atomic E-state index is 0. The van der Waals surface area contributed by atoms with Gasteiger partial charge in [-0.15, -0.1) is 10.1 Å². The maximum Gasteiger partial charge on any atom is 0.331 e. The third-order valence-corrected chi connectivity index (χ3v) is 1.16. The van der Waals surface area contributed by atoms with Crippen molar-refractivity contribution >= 4 is 11.0 Å². The van der Waals surface area contributed by atoms with E-state index in [1.165, 1.54) is 0 Å². The van der Waals surface area contributed by atoms with Crippen molar-refractivity contribution in [3.8, 4) is 5.75 Å². The number of hydrogen-bond donors (Lipinski definition) is 1. The van der Waals surface area contributed by atoms with E-state index in [1.807, 2.05) is 6.92 Å². The van der Waals surface area contributed by atoms with Crippen LogP contribution in [0, 0.1) is 10.1 Å². The van der Waals surface area contributed by atoms with Crippen LogP contribution in [0.3, 0.4) is 0 Å². The zero-order chi connectivity index (χ0) is 11.5. The van der Waals surface area contributed by atoms with Gasteiger partial charge in [-0.2, -0.15) is 0 Å². The molecule has 0 amide bonds. The van der Waals surface area contributed by atoms with Crippen LogP contribution in [0.15, 0.2) is 30.3 Å². The second-order valence-electron chi connectivity index (χ2n) is 2.42. The smallest absolute Gasteiger partial charge is 0.331 e. The molecule has 0 radical (unpaired) electrons. The summed E-state index contributed by atoms with van der Waals surface area (Å²) < 4.78 is 0. The molecule has 1 aromatic carbocycles. The Labute approximate surface area is 97.9 Å². The van der Waals surface area contributed by atoms with Gasteiger partial charge in [0.25, 0.3) is 0 Å². The maximum atomic E-state index is 9.63. The Hall–Kier alpha value is -1.60. The van der Waals surface area contributed by atoms with Gasteiger partial charge in [0, 0.05) is 6.61 Å². The van der Waals surface area contributed by atoms with E-state index in [4.69, 9.17) is 5.11 Å². The number of nitrogens with zero attached hydrogens (tertiary/aromatic N) is 1. The van der Waals surface area contributed by atoms with Crippen LogP contribution in [-0.2, 0) is 4.99 Å². The Balaban J connectivity index is 0. The largest absolute Gasteiger partial charge is 0.396 e. The van der Waals surface area contributed by atoms with Gasteiger partial charge in [0.2, 0.25) is 0 Å². The molecule has 0 bridgehead atoms. The van der Waals surface area contributed by atoms with E-state index in [0.29, 0.717) is 12.4 Å². The molecule has 6 nitrogen and oxygen atoms in total. The fourth-order valence-corrected chi connectivity index (χ4v) is 0.550. The molecule has 0 fully saturated rings. The van der Waals surface area contributed by atoms with E-state index in [-0.39, 0.29) is 11.0 Å². The quantitative estimate of drug-likeness (QED) is 0.354. The number of aliphatic hydroxyl groups excluding tert-OH is 1. The van der Waals surface area contributed by atoms with Crippen LogP contribution in [0.1, 0.15) is 13.3 Å². The molecule has 1 N–H and O–H groups in total. The highest BCUT2D eigenvalue weighted by Crippen LogP contribution is 2.07. The van der Waals surface area contributed by atoms with Crippen LogP contribution in [-0.4, -0.2) is 27.8 Å². The fourth-order valence-electron chi connectivity index (χ4n) is 0.550. The van der Waals surface area contributed by atoms with E-state index in [2.05, 4.69) is 9.88 Å². The van der Waals surface area contributed by atoms with E-state index in [9.17, 15) is 10.1 Å². The molecule has 92 valence electrons. The molecule has 0 spiro atoms. The molecule has 0 atom stereocenters. The molecule has 7 heteroatoms. The Morgan fingerprint density at radius 3 is 2.25 bits per heavy atom. The van der Waals surface area contributed by atoms with Crippen LogP contribution in [0.4, 0.5) is 0 Å². The van der Waals surface area contributed by atoms with E-state index in [0.717, 1.165) is 6.42 Å². The summed E-state index contributed by atoms with van der Waals surface area (Å²) in [5.41, 5.74) is 0. The van der Waals surface area contributed by atoms with Crippen LogP contribution in [0.25, 0.3) is 0 Å². The molecular weight excluding hydrogens is 230 g/mol. The van der Waals surface area contributed by atoms with Crippen molar-refractivity contribution in [2.24, 2.45) is 0 Å². The van der Waals surface area contributed by atoms with Crippen molar-refractivity contribution in [3.05, 3.63) is 40.4 Å². The molecule has 0 aromatic heterocycles. The van der Waals surface area contributed by atoms with E-state index >= 15 is 0 Å². The van der Waals surface area contributed by atoms with Crippen molar-refractivity contribution < 1.29 is 20.1 Å². The first-order valence-electron chi connectivity index (χ1n) is 4.35. The lowest BCUT2D eigenvalue weighted by Crippen LogP contribution is -2.03. The monoisotopic (exact) mass is 247 g/mol. The molecule has 16 heavy (non-hydrogen) atoms. The maximum absolute atomic E-state index is 9.63. The van der Waals surface area contributed by atoms with E-state index < -0.39 is 5.09 Å². The van der Waals surface area contributed by atoms with E-state index in [1.54, 1.807) is 30.3 Å². The Bertz CT molecular complexity index is 268. The number of aliphatic hydroxyl groups is 1. The van der Waals surface area contributed by atoms with Crippen molar-refractivity contribution in [3.63, 3.8) is 0 Å². The number of benzene rings is 1. The molecule has 1 rings (SSSR count). The zero-order valence-corrected chi connectivity index (χ0v) is 8.33. The molecular formula is C9H17NO5Si. The van der Waals surface area contributed by atoms with Crippen LogP contribution in [0.2, 0.25) is 0 Å². The lowest BCUT2D eigenvalue weighted by Gasteiger charge is -1.97. The first-order valence-corrected chi connectivity index (χ1v) is 4.35. The van der Waals surface area contributed by atoms with Crippen LogP contribution >= 0.6 is 0 Å². The number of hydrogen-bond acceptors (Lipinski definition) is 5.